The Hall–Kier alpha value is -2.45. The molecule has 0 amide bonds. The average Bonchev–Trinajstić information content (AvgIpc) is 2.79. The largest absolute Gasteiger partial charge is 1.00 e. The van der Waals surface area contributed by atoms with E-state index in [1.807, 2.05) is 6.07 Å². The van der Waals surface area contributed by atoms with Crippen LogP contribution in [0.3, 0.4) is 0 Å². The predicted molar refractivity (Wildman–Crippen MR) is 115 cm³/mol. The minimum absolute atomic E-state index is 0. The van der Waals surface area contributed by atoms with Gasteiger partial charge in [0.2, 0.25) is 0 Å². The summed E-state index contributed by atoms with van der Waals surface area (Å²) in [5, 5.41) is 14.7. The number of carbonyl (C=O) groups is 1. The van der Waals surface area contributed by atoms with E-state index in [1.54, 1.807) is 66.7 Å². The summed E-state index contributed by atoms with van der Waals surface area (Å²) in [5.41, 5.74) is -0.784. The van der Waals surface area contributed by atoms with Crippen molar-refractivity contribution in [2.24, 2.45) is 0 Å². The zero-order chi connectivity index (χ0) is 21.1. The molecule has 1 atom stereocenters. The first-order valence-electron chi connectivity index (χ1n) is 9.15. The fourth-order valence-corrected chi connectivity index (χ4v) is 3.95. The first-order valence-corrected chi connectivity index (χ1v) is 9.90. The molecule has 0 saturated carbocycles. The molecular formula is C24H15Cl2LiN2O2. The number of carbonyl (C=O) groups excluding carboxylic acids is 1. The Morgan fingerprint density at radius 2 is 1.35 bits per heavy atom. The van der Waals surface area contributed by atoms with Crippen LogP contribution < -0.4 is 24.0 Å². The maximum absolute atomic E-state index is 14.7. The van der Waals surface area contributed by atoms with E-state index < -0.39 is 5.60 Å². The molecule has 0 radical (unpaired) electrons. The molecule has 0 aliphatic carbocycles. The minimum atomic E-state index is -2.03. The molecule has 7 heteroatoms. The summed E-state index contributed by atoms with van der Waals surface area (Å²) < 4.78 is 0. The SMILES string of the molecule is O=C(c1ccccc1)c1c(C([O-])(c2ccccc2)c2cccnc2Cl)ccnc1Cl.[Li+]. The first kappa shape index (κ1) is 23.2. The van der Waals surface area contributed by atoms with Crippen molar-refractivity contribution in [1.29, 1.82) is 0 Å². The fraction of sp³-hybridized carbons (Fsp3) is 0.0417. The van der Waals surface area contributed by atoms with Crippen LogP contribution in [0.5, 0.6) is 0 Å². The maximum Gasteiger partial charge on any atom is 1.00 e. The number of rotatable bonds is 5. The van der Waals surface area contributed by atoms with Gasteiger partial charge in [0.25, 0.3) is 0 Å². The average molecular weight is 441 g/mol. The molecule has 31 heavy (non-hydrogen) atoms. The second-order valence-corrected chi connectivity index (χ2v) is 7.32. The number of hydrogen-bond donors (Lipinski definition) is 0. The second kappa shape index (κ2) is 9.78. The molecule has 2 heterocycles. The summed E-state index contributed by atoms with van der Waals surface area (Å²) in [5.74, 6) is -0.389. The monoisotopic (exact) mass is 440 g/mol. The summed E-state index contributed by atoms with van der Waals surface area (Å²) >= 11 is 12.7. The van der Waals surface area contributed by atoms with E-state index in [0.29, 0.717) is 11.1 Å². The van der Waals surface area contributed by atoms with Crippen LogP contribution in [0.4, 0.5) is 0 Å². The van der Waals surface area contributed by atoms with Gasteiger partial charge in [0.1, 0.15) is 10.3 Å². The molecule has 0 aliphatic rings. The van der Waals surface area contributed by atoms with Gasteiger partial charge in [0, 0.05) is 18.0 Å². The number of benzene rings is 2. The van der Waals surface area contributed by atoms with Gasteiger partial charge in [-0.05, 0) is 34.4 Å². The molecule has 0 saturated heterocycles. The number of halogens is 2. The van der Waals surface area contributed by atoms with Gasteiger partial charge in [-0.1, -0.05) is 89.9 Å². The molecule has 2 aromatic heterocycles. The molecule has 4 aromatic rings. The van der Waals surface area contributed by atoms with E-state index in [1.165, 1.54) is 18.5 Å². The first-order chi connectivity index (χ1) is 14.5. The molecule has 0 N–H and O–H groups in total. The Morgan fingerprint density at radius 3 is 2.00 bits per heavy atom. The van der Waals surface area contributed by atoms with Crippen molar-refractivity contribution in [2.45, 2.75) is 5.60 Å². The molecule has 1 unspecified atom stereocenters. The summed E-state index contributed by atoms with van der Waals surface area (Å²) in [6, 6.07) is 22.1. The van der Waals surface area contributed by atoms with Crippen molar-refractivity contribution in [3.8, 4) is 0 Å². The van der Waals surface area contributed by atoms with Gasteiger partial charge in [-0.3, -0.25) is 4.79 Å². The number of aromatic nitrogens is 2. The molecule has 4 nitrogen and oxygen atoms in total. The predicted octanol–water partition coefficient (Wildman–Crippen LogP) is 1.67. The Bertz CT molecular complexity index is 1210. The van der Waals surface area contributed by atoms with Crippen LogP contribution in [-0.4, -0.2) is 15.8 Å². The topological polar surface area (TPSA) is 65.9 Å². The molecular weight excluding hydrogens is 426 g/mol. The third kappa shape index (κ3) is 4.32. The third-order valence-corrected chi connectivity index (χ3v) is 5.45. The Morgan fingerprint density at radius 1 is 0.742 bits per heavy atom. The van der Waals surface area contributed by atoms with Crippen LogP contribution >= 0.6 is 23.2 Å². The van der Waals surface area contributed by atoms with Crippen molar-refractivity contribution in [3.63, 3.8) is 0 Å². The quantitative estimate of drug-likeness (QED) is 0.269. The van der Waals surface area contributed by atoms with Gasteiger partial charge in [-0.2, -0.15) is 0 Å². The van der Waals surface area contributed by atoms with E-state index >= 15 is 0 Å². The third-order valence-electron chi connectivity index (χ3n) is 4.87. The van der Waals surface area contributed by atoms with Gasteiger partial charge in [0.05, 0.1) is 5.56 Å². The zero-order valence-corrected chi connectivity index (χ0v) is 18.1. The normalized spacial score (nSPS) is 12.5. The van der Waals surface area contributed by atoms with Crippen molar-refractivity contribution in [2.75, 3.05) is 0 Å². The van der Waals surface area contributed by atoms with Crippen molar-refractivity contribution < 1.29 is 28.8 Å². The van der Waals surface area contributed by atoms with E-state index in [2.05, 4.69) is 9.97 Å². The molecule has 0 aliphatic heterocycles. The summed E-state index contributed by atoms with van der Waals surface area (Å²) in [4.78, 5) is 21.5. The van der Waals surface area contributed by atoms with Crippen molar-refractivity contribution >= 4 is 29.0 Å². The molecule has 4 rings (SSSR count). The van der Waals surface area contributed by atoms with E-state index in [0.717, 1.165) is 0 Å². The van der Waals surface area contributed by atoms with Crippen molar-refractivity contribution in [1.82, 2.24) is 9.97 Å². The summed E-state index contributed by atoms with van der Waals surface area (Å²) in [6.07, 6.45) is 2.92. The van der Waals surface area contributed by atoms with Gasteiger partial charge in [0.15, 0.2) is 5.78 Å². The van der Waals surface area contributed by atoms with Crippen LogP contribution in [0.15, 0.2) is 91.3 Å². The Kier molecular flexibility index (Phi) is 7.33. The Labute approximate surface area is 202 Å². The number of nitrogens with zero attached hydrogens (tertiary/aromatic N) is 2. The number of pyridine rings is 2. The van der Waals surface area contributed by atoms with Gasteiger partial charge in [-0.25, -0.2) is 9.97 Å². The summed E-state index contributed by atoms with van der Waals surface area (Å²) in [6.45, 7) is 0. The van der Waals surface area contributed by atoms with Crippen LogP contribution in [0.25, 0.3) is 0 Å². The minimum Gasteiger partial charge on any atom is -0.839 e. The van der Waals surface area contributed by atoms with E-state index in [-0.39, 0.29) is 51.6 Å². The summed E-state index contributed by atoms with van der Waals surface area (Å²) in [7, 11) is 0. The standard InChI is InChI=1S/C24H15Cl2N2O2.Li/c25-22-19(12-7-14-27-22)24(30,17-10-5-2-6-11-17)18-13-15-28-23(26)20(18)21(29)16-8-3-1-4-9-16;/h1-15H;/q-1;+1. The van der Waals surface area contributed by atoms with Crippen LogP contribution in [0.1, 0.15) is 32.6 Å². The molecule has 148 valence electrons. The second-order valence-electron chi connectivity index (χ2n) is 6.61. The maximum atomic E-state index is 14.7. The smallest absolute Gasteiger partial charge is 0.839 e. The van der Waals surface area contributed by atoms with E-state index in [4.69, 9.17) is 23.2 Å². The zero-order valence-electron chi connectivity index (χ0n) is 16.6. The van der Waals surface area contributed by atoms with Gasteiger partial charge in [-0.15, -0.1) is 0 Å². The molecule has 2 aromatic carbocycles. The van der Waals surface area contributed by atoms with Crippen LogP contribution in [0.2, 0.25) is 10.3 Å². The fourth-order valence-electron chi connectivity index (χ4n) is 3.46. The van der Waals surface area contributed by atoms with Gasteiger partial charge < -0.3 is 5.11 Å². The van der Waals surface area contributed by atoms with Gasteiger partial charge >= 0.3 is 18.9 Å². The van der Waals surface area contributed by atoms with Crippen molar-refractivity contribution in [3.05, 3.63) is 129 Å². The molecule has 0 bridgehead atoms. The number of ketones is 1. The molecule has 0 spiro atoms. The van der Waals surface area contributed by atoms with Crippen LogP contribution in [0, 0.1) is 0 Å². The molecule has 0 fully saturated rings. The number of hydrogen-bond acceptors (Lipinski definition) is 4. The Balaban J connectivity index is 0.00000272. The van der Waals surface area contributed by atoms with E-state index in [9.17, 15) is 9.90 Å². The van der Waals surface area contributed by atoms with Crippen LogP contribution in [-0.2, 0) is 5.60 Å².